The van der Waals surface area contributed by atoms with E-state index in [9.17, 15) is 9.59 Å². The third kappa shape index (κ3) is 9.41. The van der Waals surface area contributed by atoms with Crippen LogP contribution >= 0.6 is 0 Å². The number of aliphatic carboxylic acids is 2. The Morgan fingerprint density at radius 3 is 1.42 bits per heavy atom. The maximum absolute atomic E-state index is 10.5. The molecule has 1 aliphatic rings. The molecule has 0 amide bonds. The standard InChI is InChI=1S/C8H12O4.C8H8.C4H6/c9-7(10)5-1-2-6(4-3-5)8(11)12;1-2-8-6-4-3-5-7-8;1-3-4-2/h5-6H,1-4H2,(H,9,10)(H,11,12);2-7H,1H2;3-4H,1-2H2. The van der Waals surface area contributed by atoms with Gasteiger partial charge in [0.1, 0.15) is 0 Å². The predicted octanol–water partition coefficient (Wildman–Crippen LogP) is 4.65. The Bertz CT molecular complexity index is 498. The van der Waals surface area contributed by atoms with Gasteiger partial charge in [0.25, 0.3) is 0 Å². The van der Waals surface area contributed by atoms with Gasteiger partial charge in [-0.2, -0.15) is 0 Å². The fourth-order valence-corrected chi connectivity index (χ4v) is 2.18. The molecular weight excluding hydrogens is 304 g/mol. The highest BCUT2D eigenvalue weighted by atomic mass is 16.4. The first-order valence-corrected chi connectivity index (χ1v) is 7.82. The number of rotatable bonds is 4. The molecule has 1 aromatic carbocycles. The molecule has 2 N–H and O–H groups in total. The van der Waals surface area contributed by atoms with E-state index >= 15 is 0 Å². The van der Waals surface area contributed by atoms with E-state index < -0.39 is 11.9 Å². The number of hydrogen-bond acceptors (Lipinski definition) is 2. The molecule has 1 aromatic rings. The molecule has 0 bridgehead atoms. The monoisotopic (exact) mass is 330 g/mol. The van der Waals surface area contributed by atoms with Gasteiger partial charge in [-0.15, -0.1) is 0 Å². The van der Waals surface area contributed by atoms with Gasteiger partial charge in [-0.1, -0.05) is 68.3 Å². The summed E-state index contributed by atoms with van der Waals surface area (Å²) in [4.78, 5) is 21.0. The Morgan fingerprint density at radius 1 is 0.833 bits per heavy atom. The molecular formula is C20H26O4. The van der Waals surface area contributed by atoms with Crippen LogP contribution in [0.4, 0.5) is 0 Å². The highest BCUT2D eigenvalue weighted by molar-refractivity contribution is 5.72. The first-order chi connectivity index (χ1) is 11.5. The topological polar surface area (TPSA) is 74.6 Å². The number of hydrogen-bond donors (Lipinski definition) is 2. The SMILES string of the molecule is C=CC=C.C=Cc1ccccc1.O=C(O)C1CCC(C(=O)O)CC1. The van der Waals surface area contributed by atoms with Crippen molar-refractivity contribution in [2.24, 2.45) is 11.8 Å². The fraction of sp³-hybridized carbons (Fsp3) is 0.300. The summed E-state index contributed by atoms with van der Waals surface area (Å²) in [6.07, 6.45) is 7.14. The summed E-state index contributed by atoms with van der Waals surface area (Å²) in [5, 5.41) is 17.2. The lowest BCUT2D eigenvalue weighted by atomic mass is 9.82. The van der Waals surface area contributed by atoms with Crippen molar-refractivity contribution in [3.05, 3.63) is 67.8 Å². The van der Waals surface area contributed by atoms with E-state index in [-0.39, 0.29) is 11.8 Å². The van der Waals surface area contributed by atoms with Gasteiger partial charge in [0.15, 0.2) is 0 Å². The van der Waals surface area contributed by atoms with Crippen LogP contribution in [0.5, 0.6) is 0 Å². The summed E-state index contributed by atoms with van der Waals surface area (Å²) in [6, 6.07) is 10.0. The van der Waals surface area contributed by atoms with Crippen molar-refractivity contribution in [2.45, 2.75) is 25.7 Å². The van der Waals surface area contributed by atoms with Crippen LogP contribution < -0.4 is 0 Å². The summed E-state index contributed by atoms with van der Waals surface area (Å²) < 4.78 is 0. The first kappa shape index (κ1) is 21.4. The van der Waals surface area contributed by atoms with Crippen molar-refractivity contribution < 1.29 is 19.8 Å². The molecule has 0 radical (unpaired) electrons. The number of allylic oxidation sites excluding steroid dienone is 2. The zero-order chi connectivity index (χ0) is 18.4. The van der Waals surface area contributed by atoms with E-state index in [0.29, 0.717) is 25.7 Å². The van der Waals surface area contributed by atoms with Gasteiger partial charge in [-0.05, 0) is 31.2 Å². The second-order valence-corrected chi connectivity index (χ2v) is 5.31. The number of carboxylic acid groups (broad SMARTS) is 2. The van der Waals surface area contributed by atoms with E-state index in [0.717, 1.165) is 0 Å². The molecule has 24 heavy (non-hydrogen) atoms. The summed E-state index contributed by atoms with van der Waals surface area (Å²) in [6.45, 7) is 10.4. The molecule has 0 unspecified atom stereocenters. The summed E-state index contributed by atoms with van der Waals surface area (Å²) >= 11 is 0. The summed E-state index contributed by atoms with van der Waals surface area (Å²) in [7, 11) is 0. The van der Waals surface area contributed by atoms with E-state index in [2.05, 4.69) is 19.7 Å². The second kappa shape index (κ2) is 12.9. The van der Waals surface area contributed by atoms with Crippen LogP contribution in [0.1, 0.15) is 31.2 Å². The van der Waals surface area contributed by atoms with E-state index in [1.54, 1.807) is 12.2 Å². The lowest BCUT2D eigenvalue weighted by Gasteiger charge is -2.22. The molecule has 0 saturated heterocycles. The molecule has 2 rings (SSSR count). The quantitative estimate of drug-likeness (QED) is 0.788. The van der Waals surface area contributed by atoms with Crippen LogP contribution in [0.3, 0.4) is 0 Å². The second-order valence-electron chi connectivity index (χ2n) is 5.31. The van der Waals surface area contributed by atoms with Gasteiger partial charge < -0.3 is 10.2 Å². The highest BCUT2D eigenvalue weighted by Crippen LogP contribution is 2.28. The van der Waals surface area contributed by atoms with Gasteiger partial charge in [0, 0.05) is 0 Å². The number of benzene rings is 1. The van der Waals surface area contributed by atoms with Crippen LogP contribution in [0, 0.1) is 11.8 Å². The predicted molar refractivity (Wildman–Crippen MR) is 97.6 cm³/mol. The summed E-state index contributed by atoms with van der Waals surface area (Å²) in [5.41, 5.74) is 1.17. The van der Waals surface area contributed by atoms with Crippen molar-refractivity contribution in [1.82, 2.24) is 0 Å². The molecule has 130 valence electrons. The molecule has 1 fully saturated rings. The van der Waals surface area contributed by atoms with Gasteiger partial charge in [-0.3, -0.25) is 9.59 Å². The molecule has 0 aliphatic heterocycles. The van der Waals surface area contributed by atoms with E-state index in [4.69, 9.17) is 10.2 Å². The largest absolute Gasteiger partial charge is 0.481 e. The van der Waals surface area contributed by atoms with E-state index in [1.165, 1.54) is 5.56 Å². The lowest BCUT2D eigenvalue weighted by Crippen LogP contribution is -2.25. The molecule has 1 aliphatic carbocycles. The zero-order valence-electron chi connectivity index (χ0n) is 13.9. The van der Waals surface area contributed by atoms with Crippen LogP contribution in [0.25, 0.3) is 6.08 Å². The fourth-order valence-electron chi connectivity index (χ4n) is 2.18. The van der Waals surface area contributed by atoms with Crippen LogP contribution in [-0.4, -0.2) is 22.2 Å². The maximum Gasteiger partial charge on any atom is 0.306 e. The maximum atomic E-state index is 10.5. The van der Waals surface area contributed by atoms with Gasteiger partial charge in [-0.25, -0.2) is 0 Å². The molecule has 0 aromatic heterocycles. The first-order valence-electron chi connectivity index (χ1n) is 7.82. The number of carbonyl (C=O) groups is 2. The van der Waals surface area contributed by atoms with E-state index in [1.807, 2.05) is 36.4 Å². The minimum absolute atomic E-state index is 0.319. The molecule has 0 atom stereocenters. The summed E-state index contributed by atoms with van der Waals surface area (Å²) in [5.74, 6) is -2.22. The van der Waals surface area contributed by atoms with Crippen LogP contribution in [-0.2, 0) is 9.59 Å². The molecule has 4 nitrogen and oxygen atoms in total. The molecule has 1 saturated carbocycles. The number of carboxylic acids is 2. The van der Waals surface area contributed by atoms with Gasteiger partial charge in [0.05, 0.1) is 11.8 Å². The van der Waals surface area contributed by atoms with Crippen molar-refractivity contribution in [2.75, 3.05) is 0 Å². The Kier molecular flexibility index (Phi) is 11.5. The third-order valence-electron chi connectivity index (χ3n) is 3.63. The minimum Gasteiger partial charge on any atom is -0.481 e. The van der Waals surface area contributed by atoms with Crippen molar-refractivity contribution >= 4 is 18.0 Å². The Labute approximate surface area is 143 Å². The van der Waals surface area contributed by atoms with Crippen LogP contribution in [0.15, 0.2) is 62.2 Å². The highest BCUT2D eigenvalue weighted by Gasteiger charge is 2.29. The van der Waals surface area contributed by atoms with Gasteiger partial charge in [0.2, 0.25) is 0 Å². The molecule has 0 heterocycles. The smallest absolute Gasteiger partial charge is 0.306 e. The van der Waals surface area contributed by atoms with Crippen molar-refractivity contribution in [3.63, 3.8) is 0 Å². The average molecular weight is 330 g/mol. The lowest BCUT2D eigenvalue weighted by molar-refractivity contribution is -0.148. The molecule has 4 heteroatoms. The Balaban J connectivity index is 0.000000379. The average Bonchev–Trinajstić information content (AvgIpc) is 2.63. The Morgan fingerprint density at radius 2 is 1.21 bits per heavy atom. The molecule has 0 spiro atoms. The minimum atomic E-state index is -0.793. The van der Waals surface area contributed by atoms with Crippen molar-refractivity contribution in [3.8, 4) is 0 Å². The third-order valence-corrected chi connectivity index (χ3v) is 3.63. The van der Waals surface area contributed by atoms with Crippen LogP contribution in [0.2, 0.25) is 0 Å². The Hall–Kier alpha value is -2.62. The zero-order valence-corrected chi connectivity index (χ0v) is 13.9. The van der Waals surface area contributed by atoms with Gasteiger partial charge >= 0.3 is 11.9 Å². The van der Waals surface area contributed by atoms with Crippen molar-refractivity contribution in [1.29, 1.82) is 0 Å². The normalized spacial score (nSPS) is 18.5.